The molecule has 19 heteroatoms. The van der Waals surface area contributed by atoms with Crippen LogP contribution in [0.2, 0.25) is 0 Å². The zero-order valence-corrected chi connectivity index (χ0v) is 55.4. The summed E-state index contributed by atoms with van der Waals surface area (Å²) in [6.45, 7) is 11.6. The first kappa shape index (κ1) is 81.1. The fourth-order valence-electron chi connectivity index (χ4n) is 9.45. The lowest BCUT2D eigenvalue weighted by molar-refractivity contribution is -0.161. The third kappa shape index (κ3) is 57.6. The maximum Gasteiger partial charge on any atom is 0.472 e. The molecule has 0 bridgehead atoms. The minimum atomic E-state index is -4.94. The molecule has 0 amide bonds. The maximum absolute atomic E-state index is 13.0. The summed E-state index contributed by atoms with van der Waals surface area (Å²) in [5.41, 5.74) is 0. The number of rotatable bonds is 62. The van der Waals surface area contributed by atoms with Crippen LogP contribution in [0, 0.1) is 17.8 Å². The van der Waals surface area contributed by atoms with Crippen LogP contribution in [-0.4, -0.2) is 96.7 Å². The largest absolute Gasteiger partial charge is 0.472 e. The summed E-state index contributed by atoms with van der Waals surface area (Å²) in [5.74, 6) is 0.0580. The highest BCUT2D eigenvalue weighted by atomic mass is 31.2. The number of hydrogen-bond donors (Lipinski definition) is 3. The molecule has 0 radical (unpaired) electrons. The molecular weight excluding hydrogens is 1100 g/mol. The van der Waals surface area contributed by atoms with Crippen molar-refractivity contribution in [2.75, 3.05) is 39.6 Å². The van der Waals surface area contributed by atoms with E-state index in [9.17, 15) is 43.2 Å². The van der Waals surface area contributed by atoms with Crippen LogP contribution in [-0.2, 0) is 65.4 Å². The van der Waals surface area contributed by atoms with E-state index < -0.39 is 97.5 Å². The third-order valence-corrected chi connectivity index (χ3v) is 16.9. The zero-order chi connectivity index (χ0) is 61.7. The molecule has 6 atom stereocenters. The standard InChI is InChI=1S/C64H124O17P2/c1-8-10-11-28-38-45-61(66)74-51-59(81-64(69)48-41-34-26-24-30-36-43-56(5)6)53-78-82(70,71)76-49-58(65)50-77-83(72,73)79-54-60(52-75-62(67)46-39-32-27-25-31-37-44-57(7)9-2)80-63(68)47-40-33-23-21-19-17-15-13-12-14-16-18-20-22-29-35-42-55(3)4/h55-60,65H,8-54H2,1-7H3,(H,70,71)(H,72,73)/t57?,58-,59+,60+/m0/s1. The van der Waals surface area contributed by atoms with Gasteiger partial charge in [0.05, 0.1) is 26.4 Å². The van der Waals surface area contributed by atoms with Crippen molar-refractivity contribution >= 4 is 39.5 Å². The van der Waals surface area contributed by atoms with Crippen LogP contribution in [0.1, 0.15) is 312 Å². The van der Waals surface area contributed by atoms with E-state index in [4.69, 9.17) is 37.0 Å². The Kier molecular flexibility index (Phi) is 54.1. The van der Waals surface area contributed by atoms with Crippen LogP contribution in [0.4, 0.5) is 0 Å². The van der Waals surface area contributed by atoms with E-state index in [0.29, 0.717) is 31.6 Å². The monoisotopic (exact) mass is 1230 g/mol. The number of carbonyl (C=O) groups is 4. The second-order valence-corrected chi connectivity index (χ2v) is 27.3. The molecule has 0 aliphatic heterocycles. The van der Waals surface area contributed by atoms with E-state index in [1.807, 2.05) is 0 Å². The van der Waals surface area contributed by atoms with Gasteiger partial charge in [0.2, 0.25) is 0 Å². The van der Waals surface area contributed by atoms with Crippen LogP contribution in [0.15, 0.2) is 0 Å². The predicted octanol–water partition coefficient (Wildman–Crippen LogP) is 17.5. The van der Waals surface area contributed by atoms with Gasteiger partial charge in [0.1, 0.15) is 19.3 Å². The van der Waals surface area contributed by atoms with Crippen molar-refractivity contribution < 1.29 is 80.2 Å². The summed E-state index contributed by atoms with van der Waals surface area (Å²) >= 11 is 0. The Balaban J connectivity index is 5.12. The van der Waals surface area contributed by atoms with Crippen LogP contribution in [0.25, 0.3) is 0 Å². The first-order valence-corrected chi connectivity index (χ1v) is 36.4. The number of aliphatic hydroxyl groups excluding tert-OH is 1. The average molecular weight is 1230 g/mol. The highest BCUT2D eigenvalue weighted by Crippen LogP contribution is 2.45. The van der Waals surface area contributed by atoms with Crippen molar-refractivity contribution in [3.05, 3.63) is 0 Å². The number of phosphoric ester groups is 2. The first-order valence-electron chi connectivity index (χ1n) is 33.4. The minimum Gasteiger partial charge on any atom is -0.462 e. The van der Waals surface area contributed by atoms with E-state index in [1.165, 1.54) is 109 Å². The molecule has 3 unspecified atom stereocenters. The minimum absolute atomic E-state index is 0.101. The second-order valence-electron chi connectivity index (χ2n) is 24.3. The van der Waals surface area contributed by atoms with Crippen LogP contribution >= 0.6 is 15.6 Å². The smallest absolute Gasteiger partial charge is 0.462 e. The Labute approximate surface area is 505 Å². The van der Waals surface area contributed by atoms with Gasteiger partial charge in [-0.05, 0) is 43.4 Å². The Bertz CT molecular complexity index is 1650. The molecule has 0 aromatic heterocycles. The number of carbonyl (C=O) groups excluding carboxylic acids is 4. The van der Waals surface area contributed by atoms with Gasteiger partial charge < -0.3 is 33.8 Å². The molecule has 0 saturated heterocycles. The van der Waals surface area contributed by atoms with Crippen LogP contribution < -0.4 is 0 Å². The molecular formula is C64H124O17P2. The second kappa shape index (κ2) is 55.4. The summed E-state index contributed by atoms with van der Waals surface area (Å²) in [6, 6.07) is 0. The van der Waals surface area contributed by atoms with Gasteiger partial charge in [-0.3, -0.25) is 37.3 Å². The summed E-state index contributed by atoms with van der Waals surface area (Å²) in [6.07, 6.45) is 36.9. The summed E-state index contributed by atoms with van der Waals surface area (Å²) < 4.78 is 67.7. The van der Waals surface area contributed by atoms with E-state index >= 15 is 0 Å². The molecule has 0 heterocycles. The van der Waals surface area contributed by atoms with Crippen molar-refractivity contribution in [3.8, 4) is 0 Å². The SMILES string of the molecule is CCCCCCCC(=O)OC[C@H](COP(=O)(O)OC[C@H](O)COP(=O)(O)OC[C@@H](COC(=O)CCCCCCCCC(C)CC)OC(=O)CCCCCCCCCCCCCCCCCCC(C)C)OC(=O)CCCCCCCCC(C)C. The molecule has 83 heavy (non-hydrogen) atoms. The lowest BCUT2D eigenvalue weighted by Crippen LogP contribution is -2.30. The lowest BCUT2D eigenvalue weighted by Gasteiger charge is -2.21. The first-order chi connectivity index (χ1) is 39.8. The summed E-state index contributed by atoms with van der Waals surface area (Å²) in [4.78, 5) is 71.9. The molecule has 0 spiro atoms. The van der Waals surface area contributed by atoms with E-state index in [1.54, 1.807) is 0 Å². The predicted molar refractivity (Wildman–Crippen MR) is 331 cm³/mol. The average Bonchev–Trinajstić information content (AvgIpc) is 3.44. The fourth-order valence-corrected chi connectivity index (χ4v) is 11.0. The van der Waals surface area contributed by atoms with Gasteiger partial charge in [-0.15, -0.1) is 0 Å². The Hall–Kier alpha value is -1.94. The highest BCUT2D eigenvalue weighted by molar-refractivity contribution is 7.47. The number of aliphatic hydroxyl groups is 1. The highest BCUT2D eigenvalue weighted by Gasteiger charge is 2.30. The van der Waals surface area contributed by atoms with Gasteiger partial charge in [-0.1, -0.05) is 260 Å². The number of unbranched alkanes of at least 4 members (excludes halogenated alkanes) is 29. The zero-order valence-electron chi connectivity index (χ0n) is 53.6. The topological polar surface area (TPSA) is 237 Å². The van der Waals surface area contributed by atoms with Gasteiger partial charge >= 0.3 is 39.5 Å². The Morgan fingerprint density at radius 3 is 0.916 bits per heavy atom. The number of ether oxygens (including phenoxy) is 4. The Morgan fingerprint density at radius 2 is 0.614 bits per heavy atom. The van der Waals surface area contributed by atoms with Crippen molar-refractivity contribution in [1.29, 1.82) is 0 Å². The van der Waals surface area contributed by atoms with E-state index in [-0.39, 0.29) is 25.7 Å². The summed E-state index contributed by atoms with van der Waals surface area (Å²) in [7, 11) is -9.88. The molecule has 0 aromatic carbocycles. The van der Waals surface area contributed by atoms with Crippen molar-refractivity contribution in [2.24, 2.45) is 17.8 Å². The van der Waals surface area contributed by atoms with Gasteiger partial charge in [-0.2, -0.15) is 0 Å². The molecule has 0 aliphatic rings. The van der Waals surface area contributed by atoms with Gasteiger partial charge in [-0.25, -0.2) is 9.13 Å². The van der Waals surface area contributed by atoms with E-state index in [2.05, 4.69) is 48.5 Å². The third-order valence-electron chi connectivity index (χ3n) is 15.0. The molecule has 3 N–H and O–H groups in total. The Morgan fingerprint density at radius 1 is 0.349 bits per heavy atom. The molecule has 0 rings (SSSR count). The van der Waals surface area contributed by atoms with Crippen molar-refractivity contribution in [2.45, 2.75) is 330 Å². The molecule has 17 nitrogen and oxygen atoms in total. The lowest BCUT2D eigenvalue weighted by atomic mass is 10.00. The van der Waals surface area contributed by atoms with Gasteiger partial charge in [0.25, 0.3) is 0 Å². The summed E-state index contributed by atoms with van der Waals surface area (Å²) in [5, 5.41) is 10.5. The van der Waals surface area contributed by atoms with Crippen molar-refractivity contribution in [3.63, 3.8) is 0 Å². The van der Waals surface area contributed by atoms with Crippen molar-refractivity contribution in [1.82, 2.24) is 0 Å². The number of hydrogen-bond acceptors (Lipinski definition) is 15. The molecule has 0 fully saturated rings. The van der Waals surface area contributed by atoms with Gasteiger partial charge in [0, 0.05) is 25.7 Å². The quantitative estimate of drug-likeness (QED) is 0.0222. The van der Waals surface area contributed by atoms with Crippen LogP contribution in [0.3, 0.4) is 0 Å². The van der Waals surface area contributed by atoms with Gasteiger partial charge in [0.15, 0.2) is 12.2 Å². The maximum atomic E-state index is 13.0. The fraction of sp³-hybridized carbons (Fsp3) is 0.938. The molecule has 0 saturated carbocycles. The normalized spacial score (nSPS) is 14.7. The number of esters is 4. The molecule has 0 aliphatic carbocycles. The van der Waals surface area contributed by atoms with E-state index in [0.717, 1.165) is 115 Å². The number of phosphoric acid groups is 2. The molecule has 492 valence electrons. The molecule has 0 aromatic rings. The van der Waals surface area contributed by atoms with Crippen LogP contribution in [0.5, 0.6) is 0 Å².